The zero-order valence-corrected chi connectivity index (χ0v) is 21.8. The molecule has 1 saturated carbocycles. The molecule has 0 aromatic carbocycles. The van der Waals surface area contributed by atoms with Crippen molar-refractivity contribution in [2.45, 2.75) is 80.8 Å². The van der Waals surface area contributed by atoms with Gasteiger partial charge in [-0.1, -0.05) is 0 Å². The van der Waals surface area contributed by atoms with Gasteiger partial charge in [-0.25, -0.2) is 25.3 Å². The Bertz CT molecular complexity index is 892. The second kappa shape index (κ2) is 9.33. The minimum Gasteiger partial charge on any atom is -0.379 e. The monoisotopic (exact) mass is 489 g/mol. The van der Waals surface area contributed by atoms with E-state index in [1.54, 1.807) is 48.5 Å². The van der Waals surface area contributed by atoms with Crippen molar-refractivity contribution in [2.75, 3.05) is 37.8 Å². The van der Waals surface area contributed by atoms with Crippen LogP contribution in [0.5, 0.6) is 0 Å². The van der Waals surface area contributed by atoms with Crippen LogP contribution in [-0.2, 0) is 34.2 Å². The number of nitrogens with one attached hydrogen (secondary N) is 1. The molecule has 1 aliphatic carbocycles. The molecular formula is C19H39NO7S3. The number of sulfone groups is 3. The number of hydrogen-bond donors (Lipinski definition) is 1. The molecule has 0 saturated heterocycles. The molecule has 0 aromatic rings. The van der Waals surface area contributed by atoms with E-state index in [0.717, 1.165) is 0 Å². The number of hydrogen-bond acceptors (Lipinski definition) is 8. The normalized spacial score (nSPS) is 17.3. The summed E-state index contributed by atoms with van der Waals surface area (Å²) in [5, 5.41) is 2.70. The van der Waals surface area contributed by atoms with Gasteiger partial charge >= 0.3 is 0 Å². The molecule has 0 radical (unpaired) electrons. The lowest BCUT2D eigenvalue weighted by Crippen LogP contribution is -2.46. The van der Waals surface area contributed by atoms with Crippen molar-refractivity contribution in [3.05, 3.63) is 0 Å². The fourth-order valence-electron chi connectivity index (χ4n) is 2.68. The molecule has 11 heteroatoms. The quantitative estimate of drug-likeness (QED) is 0.385. The van der Waals surface area contributed by atoms with Crippen LogP contribution in [-0.4, -0.2) is 82.6 Å². The molecule has 8 nitrogen and oxygen atoms in total. The van der Waals surface area contributed by atoms with E-state index in [0.29, 0.717) is 12.8 Å². The van der Waals surface area contributed by atoms with Crippen molar-refractivity contribution in [3.63, 3.8) is 0 Å². The van der Waals surface area contributed by atoms with Gasteiger partial charge in [-0.05, 0) is 61.3 Å². The van der Waals surface area contributed by atoms with Gasteiger partial charge < -0.3 is 10.1 Å². The van der Waals surface area contributed by atoms with Gasteiger partial charge in [0.15, 0.2) is 29.5 Å². The van der Waals surface area contributed by atoms with Crippen LogP contribution in [0.3, 0.4) is 0 Å². The maximum atomic E-state index is 12.7. The Hall–Kier alpha value is -0.230. The molecule has 180 valence electrons. The maximum Gasteiger partial charge on any atom is 0.159 e. The largest absolute Gasteiger partial charge is 0.379 e. The highest BCUT2D eigenvalue weighted by molar-refractivity contribution is 7.93. The van der Waals surface area contributed by atoms with Crippen molar-refractivity contribution >= 4 is 29.5 Å². The Balaban J connectivity index is 2.50. The second-order valence-corrected chi connectivity index (χ2v) is 18.7. The first kappa shape index (κ1) is 27.8. The number of rotatable bonds is 13. The summed E-state index contributed by atoms with van der Waals surface area (Å²) in [6.45, 7) is 11.4. The lowest BCUT2D eigenvalue weighted by atomic mass is 10.2. The molecule has 0 amide bonds. The van der Waals surface area contributed by atoms with E-state index in [1.807, 2.05) is 0 Å². The van der Waals surface area contributed by atoms with Gasteiger partial charge in [0, 0.05) is 13.1 Å². The zero-order chi connectivity index (χ0) is 23.6. The van der Waals surface area contributed by atoms with E-state index in [-0.39, 0.29) is 43.1 Å². The van der Waals surface area contributed by atoms with E-state index >= 15 is 0 Å². The van der Waals surface area contributed by atoms with E-state index < -0.39 is 43.8 Å². The fraction of sp³-hybridized carbons (Fsp3) is 1.00. The van der Waals surface area contributed by atoms with Crippen LogP contribution in [0, 0.1) is 0 Å². The van der Waals surface area contributed by atoms with Crippen molar-refractivity contribution in [1.29, 1.82) is 0 Å². The van der Waals surface area contributed by atoms with Gasteiger partial charge in [0.05, 0.1) is 44.2 Å². The average Bonchev–Trinajstić information content (AvgIpc) is 3.39. The minimum atomic E-state index is -3.55. The van der Waals surface area contributed by atoms with Crippen LogP contribution in [0.1, 0.15) is 61.3 Å². The smallest absolute Gasteiger partial charge is 0.159 e. The first-order valence-electron chi connectivity index (χ1n) is 10.2. The van der Waals surface area contributed by atoms with Crippen LogP contribution in [0.15, 0.2) is 0 Å². The molecule has 1 fully saturated rings. The molecule has 0 spiro atoms. The van der Waals surface area contributed by atoms with Crippen LogP contribution < -0.4 is 5.32 Å². The van der Waals surface area contributed by atoms with Gasteiger partial charge in [-0.15, -0.1) is 0 Å². The van der Waals surface area contributed by atoms with Crippen LogP contribution in [0.2, 0.25) is 0 Å². The topological polar surface area (TPSA) is 124 Å². The zero-order valence-electron chi connectivity index (χ0n) is 19.3. The highest BCUT2D eigenvalue weighted by atomic mass is 32.2. The standard InChI is InChI=1S/C19H39NO7S3/c1-17(2,3)28(21,22)13-11-27-15-19(6,7)29(23,24)12-10-20-14-18(4,5)30(25,26)16-8-9-16/h16,20H,8-15H2,1-7H3. The van der Waals surface area contributed by atoms with Gasteiger partial charge in [0.2, 0.25) is 0 Å². The molecule has 0 unspecified atom stereocenters. The molecule has 0 aromatic heterocycles. The van der Waals surface area contributed by atoms with Gasteiger partial charge in [0.25, 0.3) is 0 Å². The van der Waals surface area contributed by atoms with Crippen molar-refractivity contribution in [1.82, 2.24) is 5.32 Å². The summed E-state index contributed by atoms with van der Waals surface area (Å²) in [6, 6.07) is 0. The van der Waals surface area contributed by atoms with Crippen molar-refractivity contribution < 1.29 is 30.0 Å². The molecule has 30 heavy (non-hydrogen) atoms. The summed E-state index contributed by atoms with van der Waals surface area (Å²) >= 11 is 0. The van der Waals surface area contributed by atoms with Crippen LogP contribution in [0.25, 0.3) is 0 Å². The third kappa shape index (κ3) is 6.88. The average molecular weight is 490 g/mol. The molecule has 0 atom stereocenters. The molecule has 1 aliphatic rings. The molecule has 0 bridgehead atoms. The maximum absolute atomic E-state index is 12.7. The van der Waals surface area contributed by atoms with Gasteiger partial charge in [-0.2, -0.15) is 0 Å². The molecule has 1 N–H and O–H groups in total. The van der Waals surface area contributed by atoms with Gasteiger partial charge in [0.1, 0.15) is 0 Å². The summed E-state index contributed by atoms with van der Waals surface area (Å²) in [6.07, 6.45) is 1.40. The van der Waals surface area contributed by atoms with Crippen molar-refractivity contribution in [2.24, 2.45) is 0 Å². The fourth-order valence-corrected chi connectivity index (χ4v) is 6.83. The first-order valence-corrected chi connectivity index (χ1v) is 15.1. The minimum absolute atomic E-state index is 0.0655. The summed E-state index contributed by atoms with van der Waals surface area (Å²) in [5.74, 6) is -0.331. The Labute approximate surface area is 183 Å². The molecule has 1 rings (SSSR count). The number of ether oxygens (including phenoxy) is 1. The molecule has 0 heterocycles. The van der Waals surface area contributed by atoms with Crippen LogP contribution in [0.4, 0.5) is 0 Å². The Kier molecular flexibility index (Phi) is 8.65. The third-order valence-electron chi connectivity index (χ3n) is 5.55. The highest BCUT2D eigenvalue weighted by Gasteiger charge is 2.45. The summed E-state index contributed by atoms with van der Waals surface area (Å²) in [5.41, 5.74) is 0. The highest BCUT2D eigenvalue weighted by Crippen LogP contribution is 2.35. The van der Waals surface area contributed by atoms with E-state index in [4.69, 9.17) is 4.74 Å². The van der Waals surface area contributed by atoms with Gasteiger partial charge in [-0.3, -0.25) is 0 Å². The predicted octanol–water partition coefficient (Wildman–Crippen LogP) is 1.36. The van der Waals surface area contributed by atoms with Crippen LogP contribution >= 0.6 is 0 Å². The predicted molar refractivity (Wildman–Crippen MR) is 121 cm³/mol. The second-order valence-electron chi connectivity index (χ2n) is 10.2. The summed E-state index contributed by atoms with van der Waals surface area (Å²) in [7, 11) is -10.1. The first-order chi connectivity index (χ1) is 13.3. The summed E-state index contributed by atoms with van der Waals surface area (Å²) in [4.78, 5) is 0. The Morgan fingerprint density at radius 1 is 0.800 bits per heavy atom. The molecule has 0 aliphatic heterocycles. The third-order valence-corrected chi connectivity index (χ3v) is 13.7. The van der Waals surface area contributed by atoms with Crippen molar-refractivity contribution in [3.8, 4) is 0 Å². The van der Waals surface area contributed by atoms with E-state index in [9.17, 15) is 25.3 Å². The summed E-state index contributed by atoms with van der Waals surface area (Å²) < 4.78 is 76.8. The lowest BCUT2D eigenvalue weighted by Gasteiger charge is -2.27. The van der Waals surface area contributed by atoms with E-state index in [1.165, 1.54) is 0 Å². The Morgan fingerprint density at radius 2 is 1.33 bits per heavy atom. The SMILES string of the molecule is CC(C)(C)S(=O)(=O)CCOCC(C)(C)S(=O)(=O)CCNCC(C)(C)S(=O)(=O)C1CC1. The van der Waals surface area contributed by atoms with E-state index in [2.05, 4.69) is 5.32 Å². The Morgan fingerprint density at radius 3 is 1.80 bits per heavy atom. The lowest BCUT2D eigenvalue weighted by molar-refractivity contribution is 0.130. The molecular weight excluding hydrogens is 450 g/mol.